The Balaban J connectivity index is 1.87. The second-order valence-electron chi connectivity index (χ2n) is 5.20. The predicted molar refractivity (Wildman–Crippen MR) is 64.1 cm³/mol. The zero-order chi connectivity index (χ0) is 10.7. The van der Waals surface area contributed by atoms with Gasteiger partial charge in [0.25, 0.3) is 0 Å². The van der Waals surface area contributed by atoms with Gasteiger partial charge in [0.1, 0.15) is 0 Å². The van der Waals surface area contributed by atoms with Gasteiger partial charge in [-0.3, -0.25) is 4.90 Å². The minimum absolute atomic E-state index is 0.790. The van der Waals surface area contributed by atoms with Crippen molar-refractivity contribution in [1.29, 1.82) is 0 Å². The summed E-state index contributed by atoms with van der Waals surface area (Å²) >= 11 is 0. The Labute approximate surface area is 93.8 Å². The molecule has 15 heavy (non-hydrogen) atoms. The van der Waals surface area contributed by atoms with Crippen molar-refractivity contribution < 1.29 is 0 Å². The van der Waals surface area contributed by atoms with Crippen molar-refractivity contribution in [1.82, 2.24) is 15.1 Å². The average molecular weight is 211 g/mol. The van der Waals surface area contributed by atoms with Crippen molar-refractivity contribution in [2.24, 2.45) is 5.92 Å². The molecule has 0 radical (unpaired) electrons. The van der Waals surface area contributed by atoms with Crippen LogP contribution in [0.4, 0.5) is 0 Å². The van der Waals surface area contributed by atoms with Gasteiger partial charge >= 0.3 is 0 Å². The van der Waals surface area contributed by atoms with Crippen LogP contribution in [0.5, 0.6) is 0 Å². The normalized spacial score (nSPS) is 31.2. The van der Waals surface area contributed by atoms with Gasteiger partial charge in [0.05, 0.1) is 0 Å². The molecule has 0 aromatic heterocycles. The third-order valence-corrected chi connectivity index (χ3v) is 3.85. The van der Waals surface area contributed by atoms with E-state index >= 15 is 0 Å². The Bertz CT molecular complexity index is 191. The Morgan fingerprint density at radius 2 is 2.07 bits per heavy atom. The average Bonchev–Trinajstić information content (AvgIpc) is 2.33. The van der Waals surface area contributed by atoms with Gasteiger partial charge in [0.2, 0.25) is 0 Å². The van der Waals surface area contributed by atoms with Crippen LogP contribution in [-0.4, -0.2) is 62.2 Å². The molecule has 2 heterocycles. The molecule has 3 heteroatoms. The molecule has 2 rings (SSSR count). The zero-order valence-corrected chi connectivity index (χ0v) is 10.2. The highest BCUT2D eigenvalue weighted by atomic mass is 15.2. The lowest BCUT2D eigenvalue weighted by molar-refractivity contribution is 0.137. The minimum Gasteiger partial charge on any atom is -0.316 e. The summed E-state index contributed by atoms with van der Waals surface area (Å²) in [6, 6.07) is 0.790. The van der Waals surface area contributed by atoms with Crippen molar-refractivity contribution in [3.05, 3.63) is 0 Å². The highest BCUT2D eigenvalue weighted by Crippen LogP contribution is 2.15. The summed E-state index contributed by atoms with van der Waals surface area (Å²) < 4.78 is 0. The van der Waals surface area contributed by atoms with Gasteiger partial charge in [-0.25, -0.2) is 0 Å². The number of hydrogen-bond acceptors (Lipinski definition) is 3. The van der Waals surface area contributed by atoms with E-state index in [2.05, 4.69) is 29.1 Å². The Morgan fingerprint density at radius 1 is 1.27 bits per heavy atom. The van der Waals surface area contributed by atoms with Crippen LogP contribution < -0.4 is 5.32 Å². The molecule has 2 fully saturated rings. The van der Waals surface area contributed by atoms with E-state index in [9.17, 15) is 0 Å². The molecule has 0 spiro atoms. The number of rotatable bonds is 3. The molecule has 0 saturated carbocycles. The van der Waals surface area contributed by atoms with E-state index in [0.29, 0.717) is 0 Å². The predicted octanol–water partition coefficient (Wildman–Crippen LogP) is 0.622. The summed E-state index contributed by atoms with van der Waals surface area (Å²) in [5.41, 5.74) is 0. The molecule has 3 nitrogen and oxygen atoms in total. The Kier molecular flexibility index (Phi) is 4.00. The van der Waals surface area contributed by atoms with Crippen molar-refractivity contribution >= 4 is 0 Å². The largest absolute Gasteiger partial charge is 0.316 e. The van der Waals surface area contributed by atoms with Crippen LogP contribution in [0.15, 0.2) is 0 Å². The first-order valence-corrected chi connectivity index (χ1v) is 6.43. The molecule has 1 atom stereocenters. The van der Waals surface area contributed by atoms with E-state index in [1.54, 1.807) is 0 Å². The number of nitrogens with one attached hydrogen (secondary N) is 1. The molecule has 0 aliphatic carbocycles. The summed E-state index contributed by atoms with van der Waals surface area (Å²) in [5.74, 6) is 0.919. The number of likely N-dealkylation sites (N-methyl/N-ethyl adjacent to an activating group) is 1. The van der Waals surface area contributed by atoms with Crippen LogP contribution in [-0.2, 0) is 0 Å². The summed E-state index contributed by atoms with van der Waals surface area (Å²) in [7, 11) is 2.26. The van der Waals surface area contributed by atoms with Crippen molar-refractivity contribution in [2.45, 2.75) is 25.8 Å². The monoisotopic (exact) mass is 211 g/mol. The molecule has 2 aliphatic heterocycles. The van der Waals surface area contributed by atoms with E-state index in [0.717, 1.165) is 12.0 Å². The van der Waals surface area contributed by atoms with E-state index in [1.807, 2.05) is 0 Å². The topological polar surface area (TPSA) is 18.5 Å². The Hall–Kier alpha value is -0.120. The maximum Gasteiger partial charge on any atom is 0.0220 e. The lowest BCUT2D eigenvalue weighted by Crippen LogP contribution is -2.51. The van der Waals surface area contributed by atoms with Gasteiger partial charge < -0.3 is 10.2 Å². The summed E-state index contributed by atoms with van der Waals surface area (Å²) in [6.07, 6.45) is 2.64. The van der Waals surface area contributed by atoms with Gasteiger partial charge in [-0.05, 0) is 38.9 Å². The number of hydrogen-bond donors (Lipinski definition) is 1. The first kappa shape index (κ1) is 11.4. The molecular weight excluding hydrogens is 186 g/mol. The molecule has 0 aromatic carbocycles. The molecule has 2 saturated heterocycles. The molecule has 88 valence electrons. The van der Waals surface area contributed by atoms with Gasteiger partial charge in [0, 0.05) is 32.2 Å². The highest BCUT2D eigenvalue weighted by Gasteiger charge is 2.26. The van der Waals surface area contributed by atoms with Gasteiger partial charge in [-0.15, -0.1) is 0 Å². The zero-order valence-electron chi connectivity index (χ0n) is 10.2. The summed E-state index contributed by atoms with van der Waals surface area (Å²) in [5, 5.41) is 3.37. The van der Waals surface area contributed by atoms with Crippen LogP contribution in [0.2, 0.25) is 0 Å². The van der Waals surface area contributed by atoms with Gasteiger partial charge in [0.15, 0.2) is 0 Å². The van der Waals surface area contributed by atoms with Crippen LogP contribution in [0.3, 0.4) is 0 Å². The van der Waals surface area contributed by atoms with E-state index in [-0.39, 0.29) is 0 Å². The van der Waals surface area contributed by atoms with Crippen LogP contribution >= 0.6 is 0 Å². The van der Waals surface area contributed by atoms with Crippen molar-refractivity contribution in [3.63, 3.8) is 0 Å². The van der Waals surface area contributed by atoms with Gasteiger partial charge in [-0.1, -0.05) is 6.92 Å². The maximum absolute atomic E-state index is 3.37. The standard InChI is InChI=1S/C12H25N3/c1-3-12-10-14(2)5-4-6-15(12)9-11-7-13-8-11/h11-13H,3-10H2,1-2H3. The molecule has 0 aromatic rings. The van der Waals surface area contributed by atoms with Crippen LogP contribution in [0, 0.1) is 5.92 Å². The quantitative estimate of drug-likeness (QED) is 0.738. The first-order valence-electron chi connectivity index (χ1n) is 6.43. The minimum atomic E-state index is 0.790. The lowest BCUT2D eigenvalue weighted by atomic mass is 10.0. The maximum atomic E-state index is 3.37. The second-order valence-corrected chi connectivity index (χ2v) is 5.20. The smallest absolute Gasteiger partial charge is 0.0220 e. The molecular formula is C12H25N3. The fourth-order valence-electron chi connectivity index (χ4n) is 2.73. The third kappa shape index (κ3) is 2.92. The third-order valence-electron chi connectivity index (χ3n) is 3.85. The van der Waals surface area contributed by atoms with E-state index < -0.39 is 0 Å². The molecule has 1 N–H and O–H groups in total. The van der Waals surface area contributed by atoms with Crippen molar-refractivity contribution in [2.75, 3.05) is 46.3 Å². The summed E-state index contributed by atoms with van der Waals surface area (Å²) in [4.78, 5) is 5.22. The fourth-order valence-corrected chi connectivity index (χ4v) is 2.73. The number of nitrogens with zero attached hydrogens (tertiary/aromatic N) is 2. The van der Waals surface area contributed by atoms with Crippen LogP contribution in [0.25, 0.3) is 0 Å². The van der Waals surface area contributed by atoms with E-state index in [4.69, 9.17) is 0 Å². The Morgan fingerprint density at radius 3 is 2.67 bits per heavy atom. The second kappa shape index (κ2) is 5.28. The molecule has 1 unspecified atom stereocenters. The van der Waals surface area contributed by atoms with Crippen LogP contribution in [0.1, 0.15) is 19.8 Å². The summed E-state index contributed by atoms with van der Waals surface area (Å²) in [6.45, 7) is 9.96. The first-order chi connectivity index (χ1) is 7.29. The SMILES string of the molecule is CCC1CN(C)CCCN1CC1CNC1. The van der Waals surface area contributed by atoms with E-state index in [1.165, 1.54) is 52.1 Å². The molecule has 0 amide bonds. The lowest BCUT2D eigenvalue weighted by Gasteiger charge is -2.36. The highest BCUT2D eigenvalue weighted by molar-refractivity contribution is 4.83. The van der Waals surface area contributed by atoms with Gasteiger partial charge in [-0.2, -0.15) is 0 Å². The fraction of sp³-hybridized carbons (Fsp3) is 1.00. The van der Waals surface area contributed by atoms with Crippen molar-refractivity contribution in [3.8, 4) is 0 Å². The molecule has 0 bridgehead atoms. The molecule has 2 aliphatic rings.